The molecule has 0 amide bonds. The van der Waals surface area contributed by atoms with E-state index in [0.717, 1.165) is 16.9 Å². The Kier molecular flexibility index (Phi) is 3.17. The van der Waals surface area contributed by atoms with Gasteiger partial charge < -0.3 is 9.47 Å². The largest absolute Gasteiger partial charge is 0.463 e. The monoisotopic (exact) mass is 194 g/mol. The van der Waals surface area contributed by atoms with Crippen LogP contribution in [-0.4, -0.2) is 12.4 Å². The van der Waals surface area contributed by atoms with Gasteiger partial charge in [0.15, 0.2) is 0 Å². The summed E-state index contributed by atoms with van der Waals surface area (Å²) in [5.74, 6) is 0.338. The molecule has 0 bridgehead atoms. The minimum absolute atomic E-state index is 0.534. The first kappa shape index (κ1) is 11.1. The number of rotatable bonds is 2. The van der Waals surface area contributed by atoms with Gasteiger partial charge in [-0.15, -0.1) is 0 Å². The first-order chi connectivity index (χ1) is 6.46. The van der Waals surface area contributed by atoms with E-state index in [1.165, 1.54) is 0 Å². The molecule has 0 radical (unpaired) electrons. The Hall–Kier alpha value is -1.02. The third-order valence-corrected chi connectivity index (χ3v) is 2.05. The molecule has 0 unspecified atom stereocenters. The van der Waals surface area contributed by atoms with Crippen LogP contribution in [0, 0.1) is 0 Å². The van der Waals surface area contributed by atoms with Crippen LogP contribution in [0.25, 0.3) is 0 Å². The Balaban J connectivity index is 3.01. The van der Waals surface area contributed by atoms with Crippen molar-refractivity contribution in [1.82, 2.24) is 0 Å². The molecular formula is C12H18O2. The zero-order valence-electron chi connectivity index (χ0n) is 9.39. The third-order valence-electron chi connectivity index (χ3n) is 2.05. The SMILES string of the molecule is C=C(C)C1=C(C=CC)OC(C)(C)OC1. The van der Waals surface area contributed by atoms with E-state index in [1.807, 2.05) is 39.8 Å². The zero-order valence-corrected chi connectivity index (χ0v) is 9.39. The highest BCUT2D eigenvalue weighted by atomic mass is 16.7. The van der Waals surface area contributed by atoms with Gasteiger partial charge >= 0.3 is 0 Å². The van der Waals surface area contributed by atoms with Gasteiger partial charge in [-0.25, -0.2) is 0 Å². The molecule has 1 aliphatic heterocycles. The van der Waals surface area contributed by atoms with Crippen LogP contribution in [0.3, 0.4) is 0 Å². The predicted molar refractivity (Wildman–Crippen MR) is 57.8 cm³/mol. The van der Waals surface area contributed by atoms with Crippen LogP contribution in [0.5, 0.6) is 0 Å². The molecule has 0 aromatic carbocycles. The summed E-state index contributed by atoms with van der Waals surface area (Å²) in [4.78, 5) is 0. The van der Waals surface area contributed by atoms with Gasteiger partial charge in [-0.2, -0.15) is 0 Å². The van der Waals surface area contributed by atoms with E-state index >= 15 is 0 Å². The summed E-state index contributed by atoms with van der Waals surface area (Å²) in [7, 11) is 0. The van der Waals surface area contributed by atoms with Gasteiger partial charge in [0.05, 0.1) is 6.61 Å². The molecule has 1 heterocycles. The van der Waals surface area contributed by atoms with E-state index in [9.17, 15) is 0 Å². The normalized spacial score (nSPS) is 21.1. The molecule has 14 heavy (non-hydrogen) atoms. The molecule has 0 fully saturated rings. The van der Waals surface area contributed by atoms with Crippen molar-refractivity contribution in [2.75, 3.05) is 6.61 Å². The van der Waals surface area contributed by atoms with Crippen molar-refractivity contribution in [1.29, 1.82) is 0 Å². The number of hydrogen-bond donors (Lipinski definition) is 0. The molecule has 0 atom stereocenters. The third kappa shape index (κ3) is 2.48. The van der Waals surface area contributed by atoms with E-state index in [4.69, 9.17) is 9.47 Å². The Labute approximate surface area is 85.9 Å². The lowest BCUT2D eigenvalue weighted by Crippen LogP contribution is -2.33. The van der Waals surface area contributed by atoms with Crippen LogP contribution < -0.4 is 0 Å². The first-order valence-electron chi connectivity index (χ1n) is 4.81. The maximum Gasteiger partial charge on any atom is 0.205 e. The van der Waals surface area contributed by atoms with Crippen LogP contribution in [0.4, 0.5) is 0 Å². The Morgan fingerprint density at radius 3 is 2.64 bits per heavy atom. The number of hydrogen-bond acceptors (Lipinski definition) is 2. The minimum atomic E-state index is -0.534. The van der Waals surface area contributed by atoms with Gasteiger partial charge in [-0.1, -0.05) is 12.7 Å². The molecule has 0 aliphatic carbocycles. The summed E-state index contributed by atoms with van der Waals surface area (Å²) in [5, 5.41) is 0. The zero-order chi connectivity index (χ0) is 10.8. The fourth-order valence-corrected chi connectivity index (χ4v) is 1.29. The van der Waals surface area contributed by atoms with Gasteiger partial charge in [0.2, 0.25) is 5.79 Å². The molecule has 0 spiro atoms. The van der Waals surface area contributed by atoms with Gasteiger partial charge in [0.1, 0.15) is 5.76 Å². The maximum atomic E-state index is 5.70. The number of allylic oxidation sites excluding steroid dienone is 2. The lowest BCUT2D eigenvalue weighted by molar-refractivity contribution is -0.196. The molecule has 78 valence electrons. The van der Waals surface area contributed by atoms with Gasteiger partial charge in [0.25, 0.3) is 0 Å². The van der Waals surface area contributed by atoms with Crippen molar-refractivity contribution in [3.05, 3.63) is 35.6 Å². The van der Waals surface area contributed by atoms with Crippen LogP contribution in [-0.2, 0) is 9.47 Å². The topological polar surface area (TPSA) is 18.5 Å². The van der Waals surface area contributed by atoms with E-state index in [-0.39, 0.29) is 0 Å². The molecule has 1 rings (SSSR count). The summed E-state index contributed by atoms with van der Waals surface area (Å²) < 4.78 is 11.2. The molecular weight excluding hydrogens is 176 g/mol. The summed E-state index contributed by atoms with van der Waals surface area (Å²) >= 11 is 0. The maximum absolute atomic E-state index is 5.70. The first-order valence-corrected chi connectivity index (χ1v) is 4.81. The summed E-state index contributed by atoms with van der Waals surface area (Å²) in [6.07, 6.45) is 3.91. The van der Waals surface area contributed by atoms with Crippen molar-refractivity contribution in [2.24, 2.45) is 0 Å². The quantitative estimate of drug-likeness (QED) is 0.672. The number of ether oxygens (including phenoxy) is 2. The Bertz CT molecular complexity index is 295. The Morgan fingerprint density at radius 2 is 2.14 bits per heavy atom. The molecule has 2 heteroatoms. The predicted octanol–water partition coefficient (Wildman–Crippen LogP) is 3.18. The van der Waals surface area contributed by atoms with E-state index in [2.05, 4.69) is 6.58 Å². The molecule has 0 N–H and O–H groups in total. The molecule has 1 aliphatic rings. The highest BCUT2D eigenvalue weighted by Crippen LogP contribution is 2.29. The van der Waals surface area contributed by atoms with E-state index in [0.29, 0.717) is 6.61 Å². The van der Waals surface area contributed by atoms with Crippen molar-refractivity contribution in [3.63, 3.8) is 0 Å². The van der Waals surface area contributed by atoms with E-state index < -0.39 is 5.79 Å². The van der Waals surface area contributed by atoms with Crippen molar-refractivity contribution < 1.29 is 9.47 Å². The summed E-state index contributed by atoms with van der Waals surface area (Å²) in [6, 6.07) is 0. The van der Waals surface area contributed by atoms with Crippen molar-refractivity contribution in [2.45, 2.75) is 33.5 Å². The van der Waals surface area contributed by atoms with Gasteiger partial charge in [0, 0.05) is 19.4 Å². The van der Waals surface area contributed by atoms with Crippen LogP contribution >= 0.6 is 0 Å². The summed E-state index contributed by atoms with van der Waals surface area (Å²) in [5.41, 5.74) is 2.04. The van der Waals surface area contributed by atoms with Crippen LogP contribution in [0.15, 0.2) is 35.6 Å². The average Bonchev–Trinajstić information content (AvgIpc) is 2.02. The highest BCUT2D eigenvalue weighted by molar-refractivity contribution is 5.36. The summed E-state index contributed by atoms with van der Waals surface area (Å²) in [6.45, 7) is 12.2. The highest BCUT2D eigenvalue weighted by Gasteiger charge is 2.28. The lowest BCUT2D eigenvalue weighted by atomic mass is 10.1. The van der Waals surface area contributed by atoms with Gasteiger partial charge in [-0.05, 0) is 25.5 Å². The molecule has 0 aromatic heterocycles. The second-order valence-corrected chi connectivity index (χ2v) is 3.91. The molecule has 2 nitrogen and oxygen atoms in total. The Morgan fingerprint density at radius 1 is 1.50 bits per heavy atom. The molecule has 0 aromatic rings. The fraction of sp³-hybridized carbons (Fsp3) is 0.500. The standard InChI is InChI=1S/C12H18O2/c1-6-7-11-10(9(2)3)8-13-12(4,5)14-11/h6-7H,2,8H2,1,3-5H3. The van der Waals surface area contributed by atoms with E-state index in [1.54, 1.807) is 0 Å². The molecule has 0 saturated carbocycles. The van der Waals surface area contributed by atoms with Crippen LogP contribution in [0.2, 0.25) is 0 Å². The minimum Gasteiger partial charge on any atom is -0.463 e. The van der Waals surface area contributed by atoms with Crippen LogP contribution in [0.1, 0.15) is 27.7 Å². The average molecular weight is 194 g/mol. The smallest absolute Gasteiger partial charge is 0.205 e. The second-order valence-electron chi connectivity index (χ2n) is 3.91. The van der Waals surface area contributed by atoms with Crippen molar-refractivity contribution >= 4 is 0 Å². The molecule has 0 saturated heterocycles. The van der Waals surface area contributed by atoms with Crippen molar-refractivity contribution in [3.8, 4) is 0 Å². The lowest BCUT2D eigenvalue weighted by Gasteiger charge is -2.33. The second kappa shape index (κ2) is 4.01. The van der Waals surface area contributed by atoms with Gasteiger partial charge in [-0.3, -0.25) is 0 Å². The fourth-order valence-electron chi connectivity index (χ4n) is 1.29.